The number of aromatic nitrogens is 3. The number of urea groups is 1. The van der Waals surface area contributed by atoms with Crippen molar-refractivity contribution in [3.05, 3.63) is 90.3 Å². The monoisotopic (exact) mass is 617 g/mol. The number of para-hydroxylation sites is 1. The fraction of sp³-hybridized carbons (Fsp3) is 0.226. The summed E-state index contributed by atoms with van der Waals surface area (Å²) in [5.41, 5.74) is 3.96. The van der Waals surface area contributed by atoms with E-state index in [1.807, 2.05) is 23.1 Å². The topological polar surface area (TPSA) is 109 Å². The predicted molar refractivity (Wildman–Crippen MR) is 163 cm³/mol. The van der Waals surface area contributed by atoms with Crippen molar-refractivity contribution in [2.24, 2.45) is 9.98 Å². The van der Waals surface area contributed by atoms with Crippen LogP contribution in [-0.4, -0.2) is 50.8 Å². The minimum atomic E-state index is -4.77. The van der Waals surface area contributed by atoms with Crippen molar-refractivity contribution in [1.82, 2.24) is 14.8 Å². The van der Waals surface area contributed by atoms with E-state index in [1.165, 1.54) is 58.8 Å². The molecular weight excluding hydrogens is 591 g/mol. The van der Waals surface area contributed by atoms with E-state index in [0.29, 0.717) is 27.8 Å². The van der Waals surface area contributed by atoms with Crippen molar-refractivity contribution >= 4 is 34.9 Å². The molecule has 0 saturated carbocycles. The van der Waals surface area contributed by atoms with Gasteiger partial charge in [-0.25, -0.2) is 19.5 Å². The summed E-state index contributed by atoms with van der Waals surface area (Å²) in [4.78, 5) is 27.3. The number of hydrogen-bond donors (Lipinski definition) is 0. The number of amidine groups is 1. The first-order valence-corrected chi connectivity index (χ1v) is 14.7. The van der Waals surface area contributed by atoms with Crippen LogP contribution in [0, 0.1) is 11.3 Å². The molecule has 5 rings (SSSR count). The lowest BCUT2D eigenvalue weighted by Crippen LogP contribution is -2.35. The quantitative estimate of drug-likeness (QED) is 0.202. The first kappa shape index (κ1) is 30.5. The van der Waals surface area contributed by atoms with Gasteiger partial charge in [-0.05, 0) is 54.3 Å². The van der Waals surface area contributed by atoms with E-state index in [4.69, 9.17) is 0 Å². The first-order chi connectivity index (χ1) is 21.2. The van der Waals surface area contributed by atoms with Crippen LogP contribution >= 0.6 is 11.8 Å². The van der Waals surface area contributed by atoms with Crippen molar-refractivity contribution in [1.29, 1.82) is 5.26 Å². The highest BCUT2D eigenvalue weighted by molar-refractivity contribution is 8.14. The number of ether oxygens (including phenoxy) is 1. The molecule has 13 heteroatoms. The number of aryl methyl sites for hydroxylation is 1. The van der Waals surface area contributed by atoms with E-state index in [1.54, 1.807) is 24.3 Å². The molecular formula is C31H26F3N7O2S. The van der Waals surface area contributed by atoms with Gasteiger partial charge >= 0.3 is 12.4 Å². The number of hydrogen-bond acceptors (Lipinski definition) is 6. The molecule has 1 fully saturated rings. The molecule has 1 saturated heterocycles. The normalized spacial score (nSPS) is 15.3. The highest BCUT2D eigenvalue weighted by Gasteiger charge is 2.31. The maximum atomic E-state index is 12.7. The molecule has 4 aromatic rings. The van der Waals surface area contributed by atoms with Gasteiger partial charge in [-0.3, -0.25) is 0 Å². The van der Waals surface area contributed by atoms with E-state index in [-0.39, 0.29) is 5.75 Å². The Balaban J connectivity index is 1.26. The van der Waals surface area contributed by atoms with Gasteiger partial charge in [-0.2, -0.15) is 10.3 Å². The number of nitrogens with zero attached hydrogens (tertiary/aromatic N) is 7. The minimum Gasteiger partial charge on any atom is -0.406 e. The van der Waals surface area contributed by atoms with E-state index < -0.39 is 18.3 Å². The number of benzene rings is 3. The maximum Gasteiger partial charge on any atom is 0.573 e. The number of nitriles is 1. The van der Waals surface area contributed by atoms with Gasteiger partial charge in [-0.1, -0.05) is 61.2 Å². The molecule has 1 aliphatic rings. The van der Waals surface area contributed by atoms with Crippen molar-refractivity contribution in [3.63, 3.8) is 0 Å². The van der Waals surface area contributed by atoms with Crippen LogP contribution in [-0.2, 0) is 6.42 Å². The second-order valence-electron chi connectivity index (χ2n) is 9.57. The lowest BCUT2D eigenvalue weighted by molar-refractivity contribution is -0.274. The molecule has 1 atom stereocenters. The number of rotatable bonds is 7. The van der Waals surface area contributed by atoms with Gasteiger partial charge in [0.25, 0.3) is 0 Å². The summed E-state index contributed by atoms with van der Waals surface area (Å²) < 4.78 is 42.6. The Labute approximate surface area is 255 Å². The molecule has 0 bridgehead atoms. The van der Waals surface area contributed by atoms with Crippen molar-refractivity contribution in [2.45, 2.75) is 32.0 Å². The highest BCUT2D eigenvalue weighted by atomic mass is 32.2. The molecule has 1 aliphatic heterocycles. The summed E-state index contributed by atoms with van der Waals surface area (Å²) in [6, 6.07) is 21.7. The Morgan fingerprint density at radius 2 is 1.89 bits per heavy atom. The molecule has 0 N–H and O–H groups in total. The lowest BCUT2D eigenvalue weighted by atomic mass is 10.0. The van der Waals surface area contributed by atoms with E-state index >= 15 is 0 Å². The Bertz CT molecular complexity index is 1710. The van der Waals surface area contributed by atoms with Crippen molar-refractivity contribution in [2.75, 3.05) is 17.2 Å². The third kappa shape index (κ3) is 7.51. The standard InChI is InChI=1S/C31H26F3N7O2S/c1-2-21-6-3-4-7-27(21)40-16-5-17-44-30(40)38-29(42)36-19-24(18-35)22-8-10-23(11-9-22)28-37-20-41(39-28)25-12-14-26(15-13-25)43-31(32,33)34/h3-4,6-15,19-20,24H,2,5,16-17H2,1H3. The Hall–Kier alpha value is -4.96. The molecule has 9 nitrogen and oxygen atoms in total. The van der Waals surface area contributed by atoms with Crippen LogP contribution in [0.2, 0.25) is 0 Å². The van der Waals surface area contributed by atoms with E-state index in [2.05, 4.69) is 43.9 Å². The zero-order valence-electron chi connectivity index (χ0n) is 23.5. The summed E-state index contributed by atoms with van der Waals surface area (Å²) in [5, 5.41) is 14.7. The number of aliphatic imine (C=N–C) groups is 2. The van der Waals surface area contributed by atoms with Gasteiger partial charge in [0.2, 0.25) is 0 Å². The number of thioether (sulfide) groups is 1. The zero-order chi connectivity index (χ0) is 31.1. The average Bonchev–Trinajstić information content (AvgIpc) is 3.52. The Kier molecular flexibility index (Phi) is 9.40. The summed E-state index contributed by atoms with van der Waals surface area (Å²) in [5.74, 6) is 0.102. The summed E-state index contributed by atoms with van der Waals surface area (Å²) >= 11 is 1.51. The molecule has 0 aliphatic carbocycles. The van der Waals surface area contributed by atoms with Gasteiger partial charge in [0.1, 0.15) is 18.0 Å². The highest BCUT2D eigenvalue weighted by Crippen LogP contribution is 2.29. The Morgan fingerprint density at radius 1 is 1.14 bits per heavy atom. The molecule has 1 aromatic heterocycles. The first-order valence-electron chi connectivity index (χ1n) is 13.7. The van der Waals surface area contributed by atoms with Crippen LogP contribution in [0.15, 0.2) is 89.1 Å². The smallest absolute Gasteiger partial charge is 0.406 e. The van der Waals surface area contributed by atoms with Gasteiger partial charge in [-0.15, -0.1) is 18.3 Å². The number of carbonyl (C=O) groups excluding carboxylic acids is 1. The second-order valence-corrected chi connectivity index (χ2v) is 10.6. The third-order valence-electron chi connectivity index (χ3n) is 6.67. The summed E-state index contributed by atoms with van der Waals surface area (Å²) in [6.07, 6.45) is -0.220. The summed E-state index contributed by atoms with van der Waals surface area (Å²) in [7, 11) is 0. The molecule has 0 spiro atoms. The number of carbonyl (C=O) groups is 1. The molecule has 224 valence electrons. The van der Waals surface area contributed by atoms with E-state index in [9.17, 15) is 23.2 Å². The van der Waals surface area contributed by atoms with Gasteiger partial charge in [0.05, 0.1) is 11.8 Å². The third-order valence-corrected chi connectivity index (χ3v) is 7.73. The lowest BCUT2D eigenvalue weighted by Gasteiger charge is -2.30. The van der Waals surface area contributed by atoms with Crippen LogP contribution in [0.4, 0.5) is 23.7 Å². The van der Waals surface area contributed by atoms with Gasteiger partial charge in [0, 0.05) is 29.8 Å². The fourth-order valence-electron chi connectivity index (χ4n) is 4.55. The molecule has 44 heavy (non-hydrogen) atoms. The molecule has 2 heterocycles. The number of anilines is 1. The van der Waals surface area contributed by atoms with Gasteiger partial charge in [0.15, 0.2) is 11.0 Å². The van der Waals surface area contributed by atoms with Crippen LogP contribution in [0.25, 0.3) is 17.1 Å². The molecule has 1 unspecified atom stereocenters. The van der Waals surface area contributed by atoms with Crippen molar-refractivity contribution < 1.29 is 22.7 Å². The van der Waals surface area contributed by atoms with Crippen LogP contribution in [0.3, 0.4) is 0 Å². The van der Waals surface area contributed by atoms with Crippen LogP contribution < -0.4 is 9.64 Å². The zero-order valence-corrected chi connectivity index (χ0v) is 24.3. The van der Waals surface area contributed by atoms with Crippen LogP contribution in [0.1, 0.15) is 30.4 Å². The largest absolute Gasteiger partial charge is 0.573 e. The number of alkyl halides is 3. The van der Waals surface area contributed by atoms with Crippen LogP contribution in [0.5, 0.6) is 5.75 Å². The minimum absolute atomic E-state index is 0.338. The predicted octanol–water partition coefficient (Wildman–Crippen LogP) is 7.19. The average molecular weight is 618 g/mol. The Morgan fingerprint density at radius 3 is 2.59 bits per heavy atom. The maximum absolute atomic E-state index is 12.7. The van der Waals surface area contributed by atoms with Crippen molar-refractivity contribution in [3.8, 4) is 28.9 Å². The number of halogens is 3. The number of amides is 2. The summed E-state index contributed by atoms with van der Waals surface area (Å²) in [6.45, 7) is 2.84. The fourth-order valence-corrected chi connectivity index (χ4v) is 5.50. The SMILES string of the molecule is CCc1ccccc1N1CCCSC1=NC(=O)N=CC(C#N)c1ccc(-c2ncn(-c3ccc(OC(F)(F)F)cc3)n2)cc1. The molecule has 0 radical (unpaired) electrons. The molecule has 2 amide bonds. The molecule has 3 aromatic carbocycles. The van der Waals surface area contributed by atoms with E-state index in [0.717, 1.165) is 30.8 Å². The van der Waals surface area contributed by atoms with Gasteiger partial charge < -0.3 is 9.64 Å². The second kappa shape index (κ2) is 13.6.